The summed E-state index contributed by atoms with van der Waals surface area (Å²) < 4.78 is 13.3. The van der Waals surface area contributed by atoms with Crippen molar-refractivity contribution in [3.63, 3.8) is 0 Å². The Balaban J connectivity index is 1.11. The van der Waals surface area contributed by atoms with E-state index in [-0.39, 0.29) is 53.1 Å². The highest BCUT2D eigenvalue weighted by Crippen LogP contribution is 2.41. The number of phenols is 1. The summed E-state index contributed by atoms with van der Waals surface area (Å²) in [5, 5.41) is 13.1. The molecule has 5 rings (SSSR count). The van der Waals surface area contributed by atoms with Gasteiger partial charge in [-0.1, -0.05) is 6.07 Å². The summed E-state index contributed by atoms with van der Waals surface area (Å²) >= 11 is 0. The van der Waals surface area contributed by atoms with E-state index < -0.39 is 5.60 Å². The van der Waals surface area contributed by atoms with Crippen LogP contribution in [0.15, 0.2) is 35.1 Å². The second-order valence-electron chi connectivity index (χ2n) is 10.4. The van der Waals surface area contributed by atoms with Gasteiger partial charge in [0.15, 0.2) is 12.4 Å². The van der Waals surface area contributed by atoms with Gasteiger partial charge in [0.1, 0.15) is 28.4 Å². The molecular weight excluding hydrogens is 450 g/mol. The number of ketones is 1. The predicted molar refractivity (Wildman–Crippen MR) is 128 cm³/mol. The number of carbonyl (C=O) groups is 2. The molecule has 0 spiro atoms. The Morgan fingerprint density at radius 2 is 2.06 bits per heavy atom. The van der Waals surface area contributed by atoms with Crippen molar-refractivity contribution in [2.45, 2.75) is 44.8 Å². The molecule has 9 heteroatoms. The van der Waals surface area contributed by atoms with E-state index in [0.717, 1.165) is 38.3 Å². The Labute approximate surface area is 203 Å². The van der Waals surface area contributed by atoms with Crippen LogP contribution in [0.1, 0.15) is 48.7 Å². The summed E-state index contributed by atoms with van der Waals surface area (Å²) in [6, 6.07) is 8.38. The second kappa shape index (κ2) is 9.03. The van der Waals surface area contributed by atoms with E-state index in [1.807, 2.05) is 16.7 Å². The molecule has 9 nitrogen and oxygen atoms in total. The SMILES string of the molecule is CC1(C)CC(=O)c2c(O)cc(OCC(=O)NCCN3CC4CC(C3)c3cccc(=O)n3C4)cc2O1. The van der Waals surface area contributed by atoms with E-state index in [0.29, 0.717) is 18.4 Å². The summed E-state index contributed by atoms with van der Waals surface area (Å²) in [6.45, 7) is 7.15. The van der Waals surface area contributed by atoms with Gasteiger partial charge in [-0.2, -0.15) is 0 Å². The lowest BCUT2D eigenvalue weighted by Gasteiger charge is -2.42. The lowest BCUT2D eigenvalue weighted by Crippen LogP contribution is -2.49. The third-order valence-corrected chi connectivity index (χ3v) is 6.98. The number of ether oxygens (including phenoxy) is 2. The van der Waals surface area contributed by atoms with Crippen LogP contribution in [0.5, 0.6) is 17.2 Å². The van der Waals surface area contributed by atoms with Crippen molar-refractivity contribution < 1.29 is 24.2 Å². The van der Waals surface area contributed by atoms with Gasteiger partial charge in [-0.05, 0) is 32.3 Å². The van der Waals surface area contributed by atoms with Crippen LogP contribution >= 0.6 is 0 Å². The Kier molecular flexibility index (Phi) is 6.04. The topological polar surface area (TPSA) is 110 Å². The van der Waals surface area contributed by atoms with Gasteiger partial charge in [-0.25, -0.2) is 0 Å². The Morgan fingerprint density at radius 3 is 2.89 bits per heavy atom. The lowest BCUT2D eigenvalue weighted by molar-refractivity contribution is -0.123. The quantitative estimate of drug-likeness (QED) is 0.649. The number of phenolic OH excluding ortho intramolecular Hbond substituents is 1. The normalized spacial score (nSPS) is 22.5. The molecule has 1 amide bonds. The van der Waals surface area contributed by atoms with Crippen molar-refractivity contribution in [3.8, 4) is 17.2 Å². The number of hydrogen-bond donors (Lipinski definition) is 2. The number of rotatable bonds is 6. The number of likely N-dealkylation sites (tertiary alicyclic amines) is 1. The monoisotopic (exact) mass is 481 g/mol. The largest absolute Gasteiger partial charge is 0.507 e. The first kappa shape index (κ1) is 23.4. The minimum absolute atomic E-state index is 0.0760. The van der Waals surface area contributed by atoms with Crippen LogP contribution < -0.4 is 20.3 Å². The molecule has 1 aromatic carbocycles. The standard InChI is InChI=1S/C26H31N3O6/c1-26(2)11-21(31)25-20(30)9-18(10-22(25)35-26)34-15-23(32)27-6-7-28-12-16-8-17(14-28)19-4-3-5-24(33)29(19)13-16/h3-5,9-10,16-17,30H,6-8,11-15H2,1-2H3,(H,27,32). The van der Waals surface area contributed by atoms with E-state index >= 15 is 0 Å². The van der Waals surface area contributed by atoms with Crippen LogP contribution in [0.25, 0.3) is 0 Å². The minimum atomic E-state index is -0.669. The first-order valence-electron chi connectivity index (χ1n) is 12.1. The van der Waals surface area contributed by atoms with Crippen molar-refractivity contribution in [2.75, 3.05) is 32.8 Å². The summed E-state index contributed by atoms with van der Waals surface area (Å²) in [4.78, 5) is 39.2. The molecule has 2 atom stereocenters. The van der Waals surface area contributed by atoms with Gasteiger partial charge in [-0.3, -0.25) is 14.4 Å². The Bertz CT molecular complexity index is 1220. The smallest absolute Gasteiger partial charge is 0.257 e. The fraction of sp³-hybridized carbons (Fsp3) is 0.500. The van der Waals surface area contributed by atoms with Crippen LogP contribution in [0.3, 0.4) is 0 Å². The van der Waals surface area contributed by atoms with E-state index in [4.69, 9.17) is 9.47 Å². The van der Waals surface area contributed by atoms with E-state index in [1.54, 1.807) is 19.9 Å². The Morgan fingerprint density at radius 1 is 1.23 bits per heavy atom. The molecular formula is C26H31N3O6. The second-order valence-corrected chi connectivity index (χ2v) is 10.4. The molecule has 3 aliphatic heterocycles. The number of nitrogens with one attached hydrogen (secondary N) is 1. The number of amides is 1. The first-order chi connectivity index (χ1) is 16.7. The van der Waals surface area contributed by atoms with Gasteiger partial charge in [0.05, 0.1) is 6.42 Å². The molecule has 1 fully saturated rings. The molecule has 186 valence electrons. The average Bonchev–Trinajstić information content (AvgIpc) is 2.77. The highest BCUT2D eigenvalue weighted by molar-refractivity contribution is 6.03. The predicted octanol–water partition coefficient (Wildman–Crippen LogP) is 1.91. The van der Waals surface area contributed by atoms with Crippen molar-refractivity contribution in [3.05, 3.63) is 51.9 Å². The Hall–Kier alpha value is -3.33. The molecule has 2 aromatic rings. The fourth-order valence-corrected chi connectivity index (χ4v) is 5.56. The van der Waals surface area contributed by atoms with Gasteiger partial charge in [0.25, 0.3) is 11.5 Å². The summed E-state index contributed by atoms with van der Waals surface area (Å²) in [6.07, 6.45) is 1.28. The number of hydrogen-bond acceptors (Lipinski definition) is 7. The van der Waals surface area contributed by atoms with Crippen molar-refractivity contribution in [1.29, 1.82) is 0 Å². The van der Waals surface area contributed by atoms with Crippen LogP contribution in [0.2, 0.25) is 0 Å². The number of carbonyl (C=O) groups excluding carboxylic acids is 2. The third kappa shape index (κ3) is 4.91. The molecule has 0 saturated carbocycles. The zero-order chi connectivity index (χ0) is 24.7. The maximum atomic E-state index is 12.3. The fourth-order valence-electron chi connectivity index (χ4n) is 5.56. The number of fused-ring (bicyclic) bond motifs is 5. The van der Waals surface area contributed by atoms with Crippen LogP contribution in [0.4, 0.5) is 0 Å². The number of aromatic nitrogens is 1. The third-order valence-electron chi connectivity index (χ3n) is 6.98. The van der Waals surface area contributed by atoms with E-state index in [9.17, 15) is 19.5 Å². The number of aromatic hydroxyl groups is 1. The van der Waals surface area contributed by atoms with Crippen LogP contribution in [0, 0.1) is 5.92 Å². The number of nitrogens with zero attached hydrogens (tertiary/aromatic N) is 2. The minimum Gasteiger partial charge on any atom is -0.507 e. The maximum Gasteiger partial charge on any atom is 0.257 e. The first-order valence-corrected chi connectivity index (χ1v) is 12.1. The van der Waals surface area contributed by atoms with Gasteiger partial charge in [-0.15, -0.1) is 0 Å². The van der Waals surface area contributed by atoms with Crippen molar-refractivity contribution in [1.82, 2.24) is 14.8 Å². The van der Waals surface area contributed by atoms with E-state index in [1.165, 1.54) is 12.1 Å². The van der Waals surface area contributed by atoms with Gasteiger partial charge >= 0.3 is 0 Å². The molecule has 0 radical (unpaired) electrons. The van der Waals surface area contributed by atoms with Gasteiger partial charge in [0, 0.05) is 62.5 Å². The number of Topliss-reactive ketones (excluding diaryl/α,β-unsaturated/α-hetero) is 1. The summed E-state index contributed by atoms with van der Waals surface area (Å²) in [5.41, 5.74) is 0.669. The summed E-state index contributed by atoms with van der Waals surface area (Å²) in [5.74, 6) is 0.644. The molecule has 2 bridgehead atoms. The number of piperidine rings is 1. The van der Waals surface area contributed by atoms with Gasteiger partial charge in [0.2, 0.25) is 0 Å². The highest BCUT2D eigenvalue weighted by atomic mass is 16.5. The van der Waals surface area contributed by atoms with Gasteiger partial charge < -0.3 is 29.4 Å². The van der Waals surface area contributed by atoms with Crippen LogP contribution in [-0.2, 0) is 11.3 Å². The highest BCUT2D eigenvalue weighted by Gasteiger charge is 2.35. The molecule has 35 heavy (non-hydrogen) atoms. The molecule has 1 saturated heterocycles. The van der Waals surface area contributed by atoms with Crippen molar-refractivity contribution >= 4 is 11.7 Å². The molecule has 3 aliphatic rings. The van der Waals surface area contributed by atoms with Crippen molar-refractivity contribution in [2.24, 2.45) is 5.92 Å². The molecule has 1 aromatic heterocycles. The number of pyridine rings is 1. The van der Waals surface area contributed by atoms with E-state index in [2.05, 4.69) is 10.2 Å². The molecule has 2 N–H and O–H groups in total. The number of benzene rings is 1. The summed E-state index contributed by atoms with van der Waals surface area (Å²) in [7, 11) is 0. The molecule has 4 heterocycles. The zero-order valence-electron chi connectivity index (χ0n) is 20.1. The molecule has 0 aliphatic carbocycles. The molecule has 2 unspecified atom stereocenters. The average molecular weight is 482 g/mol. The van der Waals surface area contributed by atoms with Crippen LogP contribution in [-0.4, -0.2) is 64.7 Å². The lowest BCUT2D eigenvalue weighted by atomic mass is 9.83. The zero-order valence-corrected chi connectivity index (χ0v) is 20.1. The maximum absolute atomic E-state index is 12.3.